The molecule has 0 bridgehead atoms. The highest BCUT2D eigenvalue weighted by atomic mass is 16.5. The Balaban J connectivity index is 1.50. The predicted octanol–water partition coefficient (Wildman–Crippen LogP) is 3.13. The van der Waals surface area contributed by atoms with Crippen LogP contribution in [0, 0.1) is 0 Å². The zero-order valence-electron chi connectivity index (χ0n) is 17.3. The molecule has 0 spiro atoms. The van der Waals surface area contributed by atoms with Crippen LogP contribution in [-0.4, -0.2) is 56.4 Å². The van der Waals surface area contributed by atoms with Gasteiger partial charge in [-0.3, -0.25) is 9.69 Å². The quantitative estimate of drug-likeness (QED) is 0.552. The van der Waals surface area contributed by atoms with Gasteiger partial charge in [0.15, 0.2) is 0 Å². The van der Waals surface area contributed by atoms with Gasteiger partial charge in [0.05, 0.1) is 19.4 Å². The highest BCUT2D eigenvalue weighted by molar-refractivity contribution is 5.94. The number of benzene rings is 2. The van der Waals surface area contributed by atoms with Gasteiger partial charge in [-0.05, 0) is 49.2 Å². The van der Waals surface area contributed by atoms with Crippen LogP contribution >= 0.6 is 0 Å². The molecule has 6 heteroatoms. The molecule has 154 valence electrons. The lowest BCUT2D eigenvalue weighted by molar-refractivity contribution is 0.0342. The van der Waals surface area contributed by atoms with E-state index in [1.165, 1.54) is 11.3 Å². The van der Waals surface area contributed by atoms with Crippen molar-refractivity contribution in [1.82, 2.24) is 10.3 Å². The van der Waals surface area contributed by atoms with Gasteiger partial charge in [-0.15, -0.1) is 0 Å². The normalized spacial score (nSPS) is 14.8. The zero-order valence-corrected chi connectivity index (χ0v) is 17.3. The van der Waals surface area contributed by atoms with Crippen LogP contribution in [0.3, 0.4) is 0 Å². The topological polar surface area (TPSA) is 57.2 Å². The first-order valence-corrected chi connectivity index (χ1v) is 10.3. The summed E-state index contributed by atoms with van der Waals surface area (Å²) in [6, 6.07) is 15.8. The summed E-state index contributed by atoms with van der Waals surface area (Å²) in [6.07, 6.45) is 1.66. The van der Waals surface area contributed by atoms with Gasteiger partial charge >= 0.3 is 0 Å². The fourth-order valence-electron chi connectivity index (χ4n) is 3.37. The lowest BCUT2D eigenvalue weighted by Crippen LogP contribution is -2.35. The van der Waals surface area contributed by atoms with Crippen molar-refractivity contribution in [3.05, 3.63) is 65.2 Å². The maximum Gasteiger partial charge on any atom is 0.271 e. The molecule has 0 aromatic heterocycles. The number of morpholine rings is 1. The Morgan fingerprint density at radius 3 is 2.34 bits per heavy atom. The molecule has 0 unspecified atom stereocenters. The molecule has 29 heavy (non-hydrogen) atoms. The van der Waals surface area contributed by atoms with Crippen molar-refractivity contribution in [2.24, 2.45) is 5.10 Å². The van der Waals surface area contributed by atoms with Crippen molar-refractivity contribution in [2.75, 3.05) is 44.3 Å². The number of nitrogens with zero attached hydrogens (tertiary/aromatic N) is 3. The lowest BCUT2D eigenvalue weighted by Gasteiger charge is -2.26. The summed E-state index contributed by atoms with van der Waals surface area (Å²) >= 11 is 0. The molecule has 1 N–H and O–H groups in total. The molecule has 0 radical (unpaired) electrons. The van der Waals surface area contributed by atoms with E-state index in [4.69, 9.17) is 4.74 Å². The smallest absolute Gasteiger partial charge is 0.271 e. The molecule has 1 aliphatic rings. The number of hydrazone groups is 1. The number of nitrogens with one attached hydrogen (secondary N) is 1. The molecule has 0 saturated carbocycles. The van der Waals surface area contributed by atoms with Gasteiger partial charge in [0.25, 0.3) is 5.91 Å². The highest BCUT2D eigenvalue weighted by Crippen LogP contribution is 2.14. The molecule has 0 atom stereocenters. The molecule has 1 aliphatic heterocycles. The number of hydrogen-bond donors (Lipinski definition) is 1. The number of carbonyl (C=O) groups is 1. The van der Waals surface area contributed by atoms with Gasteiger partial charge in [0, 0.05) is 44.0 Å². The Morgan fingerprint density at radius 2 is 1.72 bits per heavy atom. The van der Waals surface area contributed by atoms with Crippen molar-refractivity contribution in [2.45, 2.75) is 20.4 Å². The molecular formula is C23H30N4O2. The molecule has 1 heterocycles. The van der Waals surface area contributed by atoms with Crippen LogP contribution in [-0.2, 0) is 11.3 Å². The second kappa shape index (κ2) is 10.7. The van der Waals surface area contributed by atoms with Crippen LogP contribution in [0.25, 0.3) is 0 Å². The Morgan fingerprint density at radius 1 is 1.07 bits per heavy atom. The molecule has 1 fully saturated rings. The van der Waals surface area contributed by atoms with Crippen molar-refractivity contribution in [3.63, 3.8) is 0 Å². The minimum absolute atomic E-state index is 0.209. The average molecular weight is 395 g/mol. The van der Waals surface area contributed by atoms with E-state index in [1.54, 1.807) is 6.21 Å². The first-order chi connectivity index (χ1) is 14.2. The summed E-state index contributed by atoms with van der Waals surface area (Å²) in [5.41, 5.74) is 6.53. The fraction of sp³-hybridized carbons (Fsp3) is 0.391. The predicted molar refractivity (Wildman–Crippen MR) is 118 cm³/mol. The van der Waals surface area contributed by atoms with E-state index in [0.29, 0.717) is 5.56 Å². The third-order valence-electron chi connectivity index (χ3n) is 5.13. The number of rotatable bonds is 8. The Hall–Kier alpha value is -2.70. The van der Waals surface area contributed by atoms with E-state index in [9.17, 15) is 4.79 Å². The third kappa shape index (κ3) is 6.14. The van der Waals surface area contributed by atoms with E-state index >= 15 is 0 Å². The maximum atomic E-state index is 12.3. The van der Waals surface area contributed by atoms with Gasteiger partial charge < -0.3 is 9.64 Å². The molecule has 2 aromatic rings. The SMILES string of the molecule is CCN(CC)c1ccc(/C=N\NC(=O)c2ccc(CN3CCOCC3)cc2)cc1. The van der Waals surface area contributed by atoms with E-state index in [0.717, 1.165) is 51.5 Å². The van der Waals surface area contributed by atoms with E-state index < -0.39 is 0 Å². The van der Waals surface area contributed by atoms with Gasteiger partial charge in [0.1, 0.15) is 0 Å². The van der Waals surface area contributed by atoms with Crippen LogP contribution in [0.4, 0.5) is 5.69 Å². The Labute approximate surface area is 173 Å². The number of carbonyl (C=O) groups excluding carboxylic acids is 1. The lowest BCUT2D eigenvalue weighted by atomic mass is 10.1. The van der Waals surface area contributed by atoms with Crippen molar-refractivity contribution >= 4 is 17.8 Å². The molecule has 0 aliphatic carbocycles. The number of hydrogen-bond acceptors (Lipinski definition) is 5. The van der Waals surface area contributed by atoms with Gasteiger partial charge in [-0.1, -0.05) is 24.3 Å². The Kier molecular flexibility index (Phi) is 7.78. The highest BCUT2D eigenvalue weighted by Gasteiger charge is 2.11. The third-order valence-corrected chi connectivity index (χ3v) is 5.13. The van der Waals surface area contributed by atoms with E-state index in [2.05, 4.69) is 46.3 Å². The minimum atomic E-state index is -0.209. The molecule has 6 nitrogen and oxygen atoms in total. The number of ether oxygens (including phenoxy) is 1. The van der Waals surface area contributed by atoms with Gasteiger partial charge in [0.2, 0.25) is 0 Å². The second-order valence-electron chi connectivity index (χ2n) is 7.05. The fourth-order valence-corrected chi connectivity index (χ4v) is 3.37. The van der Waals surface area contributed by atoms with Crippen molar-refractivity contribution in [3.8, 4) is 0 Å². The average Bonchev–Trinajstić information content (AvgIpc) is 2.77. The Bertz CT molecular complexity index is 793. The number of anilines is 1. The van der Waals surface area contributed by atoms with Crippen LogP contribution in [0.15, 0.2) is 53.6 Å². The molecule has 1 saturated heterocycles. The van der Waals surface area contributed by atoms with Crippen LogP contribution in [0.5, 0.6) is 0 Å². The summed E-state index contributed by atoms with van der Waals surface area (Å²) < 4.78 is 5.37. The molecule has 2 aromatic carbocycles. The largest absolute Gasteiger partial charge is 0.379 e. The standard InChI is InChI=1S/C23H30N4O2/c1-3-27(4-2)22-11-7-19(8-12-22)17-24-25-23(28)21-9-5-20(6-10-21)18-26-13-15-29-16-14-26/h5-12,17H,3-4,13-16,18H2,1-2H3,(H,25,28)/b24-17-. The first kappa shape index (κ1) is 21.0. The molecule has 1 amide bonds. The zero-order chi connectivity index (χ0) is 20.5. The maximum absolute atomic E-state index is 12.3. The summed E-state index contributed by atoms with van der Waals surface area (Å²) in [5.74, 6) is -0.209. The summed E-state index contributed by atoms with van der Waals surface area (Å²) in [5, 5.41) is 4.09. The van der Waals surface area contributed by atoms with Crippen LogP contribution in [0.1, 0.15) is 35.3 Å². The monoisotopic (exact) mass is 394 g/mol. The summed E-state index contributed by atoms with van der Waals surface area (Å²) in [7, 11) is 0. The van der Waals surface area contributed by atoms with Gasteiger partial charge in [-0.25, -0.2) is 5.43 Å². The van der Waals surface area contributed by atoms with Crippen LogP contribution in [0.2, 0.25) is 0 Å². The minimum Gasteiger partial charge on any atom is -0.379 e. The van der Waals surface area contributed by atoms with Crippen molar-refractivity contribution < 1.29 is 9.53 Å². The van der Waals surface area contributed by atoms with E-state index in [1.807, 2.05) is 36.4 Å². The first-order valence-electron chi connectivity index (χ1n) is 10.3. The molecular weight excluding hydrogens is 364 g/mol. The molecule has 3 rings (SSSR count). The summed E-state index contributed by atoms with van der Waals surface area (Å²) in [6.45, 7) is 10.6. The van der Waals surface area contributed by atoms with E-state index in [-0.39, 0.29) is 5.91 Å². The van der Waals surface area contributed by atoms with Gasteiger partial charge in [-0.2, -0.15) is 5.10 Å². The second-order valence-corrected chi connectivity index (χ2v) is 7.05. The van der Waals surface area contributed by atoms with Crippen molar-refractivity contribution in [1.29, 1.82) is 0 Å². The van der Waals surface area contributed by atoms with Crippen LogP contribution < -0.4 is 10.3 Å². The number of amides is 1. The summed E-state index contributed by atoms with van der Waals surface area (Å²) in [4.78, 5) is 16.9.